The van der Waals surface area contributed by atoms with Crippen molar-refractivity contribution >= 4 is 0 Å². The van der Waals surface area contributed by atoms with E-state index < -0.39 is 5.60 Å². The van der Waals surface area contributed by atoms with Gasteiger partial charge in [0.1, 0.15) is 0 Å². The van der Waals surface area contributed by atoms with E-state index in [0.717, 1.165) is 25.9 Å². The molecule has 1 aliphatic rings. The lowest BCUT2D eigenvalue weighted by Crippen LogP contribution is -2.48. The van der Waals surface area contributed by atoms with Gasteiger partial charge in [0, 0.05) is 19.1 Å². The molecule has 0 aromatic rings. The molecule has 0 spiro atoms. The molecule has 0 aromatic carbocycles. The van der Waals surface area contributed by atoms with Gasteiger partial charge in [-0.25, -0.2) is 5.01 Å². The summed E-state index contributed by atoms with van der Waals surface area (Å²) in [6.07, 6.45) is 1.94. The van der Waals surface area contributed by atoms with Crippen LogP contribution in [0.5, 0.6) is 0 Å². The van der Waals surface area contributed by atoms with Crippen LogP contribution in [0.3, 0.4) is 0 Å². The molecule has 0 radical (unpaired) electrons. The van der Waals surface area contributed by atoms with E-state index in [4.69, 9.17) is 0 Å². The van der Waals surface area contributed by atoms with Crippen LogP contribution in [0.25, 0.3) is 0 Å². The molecule has 3 nitrogen and oxygen atoms in total. The van der Waals surface area contributed by atoms with Crippen molar-refractivity contribution < 1.29 is 5.11 Å². The zero-order valence-electron chi connectivity index (χ0n) is 8.30. The lowest BCUT2D eigenvalue weighted by Gasteiger charge is -2.31. The molecule has 72 valence electrons. The maximum Gasteiger partial charge on any atom is 0.0760 e. The molecule has 1 atom stereocenters. The largest absolute Gasteiger partial charge is 0.389 e. The summed E-state index contributed by atoms with van der Waals surface area (Å²) in [6.45, 7) is 7.89. The van der Waals surface area contributed by atoms with Crippen molar-refractivity contribution in [2.75, 3.05) is 13.1 Å². The van der Waals surface area contributed by atoms with Crippen molar-refractivity contribution in [1.29, 1.82) is 0 Å². The second-order valence-electron chi connectivity index (χ2n) is 4.23. The molecule has 1 rings (SSSR count). The lowest BCUT2D eigenvalue weighted by atomic mass is 10.0. The first-order chi connectivity index (χ1) is 5.51. The standard InChI is InChI=1S/C9H20N2O/c1-8(2)11-7-9(3,12)5-4-6-10-11/h8,10,12H,4-7H2,1-3H3. The molecule has 12 heavy (non-hydrogen) atoms. The topological polar surface area (TPSA) is 35.5 Å². The summed E-state index contributed by atoms with van der Waals surface area (Å²) in [6, 6.07) is 0.453. The Morgan fingerprint density at radius 1 is 1.50 bits per heavy atom. The molecule has 0 saturated carbocycles. The van der Waals surface area contributed by atoms with Crippen LogP contribution in [0, 0.1) is 0 Å². The number of nitrogens with zero attached hydrogens (tertiary/aromatic N) is 1. The Morgan fingerprint density at radius 3 is 2.75 bits per heavy atom. The fourth-order valence-corrected chi connectivity index (χ4v) is 1.56. The van der Waals surface area contributed by atoms with E-state index in [2.05, 4.69) is 24.3 Å². The van der Waals surface area contributed by atoms with Crippen LogP contribution in [0.15, 0.2) is 0 Å². The van der Waals surface area contributed by atoms with Gasteiger partial charge in [-0.15, -0.1) is 0 Å². The minimum Gasteiger partial charge on any atom is -0.389 e. The van der Waals surface area contributed by atoms with Crippen LogP contribution in [-0.4, -0.2) is 34.8 Å². The van der Waals surface area contributed by atoms with Crippen molar-refractivity contribution in [2.45, 2.75) is 45.3 Å². The highest BCUT2D eigenvalue weighted by atomic mass is 16.3. The number of nitrogens with one attached hydrogen (secondary N) is 1. The monoisotopic (exact) mass is 172 g/mol. The van der Waals surface area contributed by atoms with Gasteiger partial charge >= 0.3 is 0 Å². The third-order valence-electron chi connectivity index (χ3n) is 2.34. The Bertz CT molecular complexity index is 145. The quantitative estimate of drug-likeness (QED) is 0.612. The van der Waals surface area contributed by atoms with E-state index in [0.29, 0.717) is 6.04 Å². The van der Waals surface area contributed by atoms with Gasteiger partial charge in [0.15, 0.2) is 0 Å². The first kappa shape index (κ1) is 9.96. The second kappa shape index (κ2) is 3.73. The molecule has 1 aliphatic heterocycles. The summed E-state index contributed by atoms with van der Waals surface area (Å²) >= 11 is 0. The lowest BCUT2D eigenvalue weighted by molar-refractivity contribution is 0.000935. The molecular formula is C9H20N2O. The normalized spacial score (nSPS) is 33.8. The van der Waals surface area contributed by atoms with E-state index in [1.807, 2.05) is 6.92 Å². The summed E-state index contributed by atoms with van der Waals surface area (Å²) in [7, 11) is 0. The van der Waals surface area contributed by atoms with Gasteiger partial charge in [0.25, 0.3) is 0 Å². The van der Waals surface area contributed by atoms with Crippen LogP contribution < -0.4 is 5.43 Å². The molecule has 0 aromatic heterocycles. The predicted octanol–water partition coefficient (Wildman–Crippen LogP) is 0.746. The third kappa shape index (κ3) is 2.73. The first-order valence-electron chi connectivity index (χ1n) is 4.74. The van der Waals surface area contributed by atoms with Crippen LogP contribution in [0.2, 0.25) is 0 Å². The summed E-state index contributed by atoms with van der Waals surface area (Å²) in [4.78, 5) is 0. The minimum absolute atomic E-state index is 0.453. The number of rotatable bonds is 1. The van der Waals surface area contributed by atoms with Crippen LogP contribution in [0.1, 0.15) is 33.6 Å². The highest BCUT2D eigenvalue weighted by molar-refractivity contribution is 4.80. The van der Waals surface area contributed by atoms with E-state index in [-0.39, 0.29) is 0 Å². The molecule has 1 unspecified atom stereocenters. The fraction of sp³-hybridized carbons (Fsp3) is 1.00. The zero-order chi connectivity index (χ0) is 9.19. The Hall–Kier alpha value is -0.120. The molecule has 2 N–H and O–H groups in total. The summed E-state index contributed by atoms with van der Waals surface area (Å²) in [5.74, 6) is 0. The van der Waals surface area contributed by atoms with E-state index in [1.54, 1.807) is 0 Å². The van der Waals surface area contributed by atoms with E-state index in [9.17, 15) is 5.11 Å². The molecule has 0 aliphatic carbocycles. The van der Waals surface area contributed by atoms with Gasteiger partial charge in [-0.2, -0.15) is 0 Å². The maximum absolute atomic E-state index is 9.89. The average Bonchev–Trinajstić information content (AvgIpc) is 2.10. The number of hydrogen-bond donors (Lipinski definition) is 2. The van der Waals surface area contributed by atoms with Gasteiger partial charge < -0.3 is 5.11 Å². The zero-order valence-corrected chi connectivity index (χ0v) is 8.30. The molecule has 0 amide bonds. The van der Waals surface area contributed by atoms with E-state index >= 15 is 0 Å². The van der Waals surface area contributed by atoms with Gasteiger partial charge in [0.05, 0.1) is 5.60 Å². The smallest absolute Gasteiger partial charge is 0.0760 e. The molecular weight excluding hydrogens is 152 g/mol. The highest BCUT2D eigenvalue weighted by Crippen LogP contribution is 2.16. The van der Waals surface area contributed by atoms with Crippen molar-refractivity contribution in [3.05, 3.63) is 0 Å². The molecule has 1 fully saturated rings. The summed E-state index contributed by atoms with van der Waals surface area (Å²) < 4.78 is 0. The number of aliphatic hydroxyl groups is 1. The summed E-state index contributed by atoms with van der Waals surface area (Å²) in [5.41, 5.74) is 2.79. The van der Waals surface area contributed by atoms with Gasteiger partial charge in [0.2, 0.25) is 0 Å². The highest BCUT2D eigenvalue weighted by Gasteiger charge is 2.27. The summed E-state index contributed by atoms with van der Waals surface area (Å²) in [5, 5.41) is 12.0. The Labute approximate surface area is 74.7 Å². The Morgan fingerprint density at radius 2 is 2.17 bits per heavy atom. The first-order valence-corrected chi connectivity index (χ1v) is 4.74. The average molecular weight is 172 g/mol. The van der Waals surface area contributed by atoms with E-state index in [1.165, 1.54) is 0 Å². The molecule has 1 heterocycles. The third-order valence-corrected chi connectivity index (χ3v) is 2.34. The SMILES string of the molecule is CC(C)N1CC(C)(O)CCCN1. The molecule has 1 saturated heterocycles. The van der Waals surface area contributed by atoms with Crippen molar-refractivity contribution in [1.82, 2.24) is 10.4 Å². The minimum atomic E-state index is -0.520. The van der Waals surface area contributed by atoms with Gasteiger partial charge in [-0.05, 0) is 33.6 Å². The van der Waals surface area contributed by atoms with Crippen LogP contribution in [0.4, 0.5) is 0 Å². The van der Waals surface area contributed by atoms with Gasteiger partial charge in [-0.3, -0.25) is 5.43 Å². The van der Waals surface area contributed by atoms with Crippen molar-refractivity contribution in [3.8, 4) is 0 Å². The maximum atomic E-state index is 9.89. The molecule has 3 heteroatoms. The molecule has 0 bridgehead atoms. The van der Waals surface area contributed by atoms with Crippen LogP contribution in [-0.2, 0) is 0 Å². The van der Waals surface area contributed by atoms with Crippen molar-refractivity contribution in [3.63, 3.8) is 0 Å². The Kier molecular flexibility index (Phi) is 3.09. The second-order valence-corrected chi connectivity index (χ2v) is 4.23. The van der Waals surface area contributed by atoms with Crippen LogP contribution >= 0.6 is 0 Å². The number of hydrazine groups is 1. The predicted molar refractivity (Wildman–Crippen MR) is 49.7 cm³/mol. The van der Waals surface area contributed by atoms with Crippen molar-refractivity contribution in [2.24, 2.45) is 0 Å². The Balaban J connectivity index is 2.54. The number of β-amino-alcohol motifs (C(OH)–C–C–N with tert-alkyl or cyclic N) is 1. The number of hydrogen-bond acceptors (Lipinski definition) is 3. The fourth-order valence-electron chi connectivity index (χ4n) is 1.56. The van der Waals surface area contributed by atoms with Gasteiger partial charge in [-0.1, -0.05) is 0 Å².